The number of nitrogens with zero attached hydrogens (tertiary/aromatic N) is 3. The van der Waals surface area contributed by atoms with Crippen LogP contribution in [0.15, 0.2) is 35.6 Å². The molecule has 0 saturated carbocycles. The molecule has 166 valence electrons. The molecule has 11 heteroatoms. The van der Waals surface area contributed by atoms with E-state index in [1.54, 1.807) is 6.07 Å². The molecule has 1 aliphatic rings. The molecule has 2 aromatic rings. The predicted molar refractivity (Wildman–Crippen MR) is 119 cm³/mol. The van der Waals surface area contributed by atoms with Gasteiger partial charge in [-0.15, -0.1) is 0 Å². The summed E-state index contributed by atoms with van der Waals surface area (Å²) in [4.78, 5) is 33.4. The number of carbonyl (C=O) groups is 2. The summed E-state index contributed by atoms with van der Waals surface area (Å²) in [7, 11) is 0. The van der Waals surface area contributed by atoms with Gasteiger partial charge in [-0.05, 0) is 17.7 Å². The van der Waals surface area contributed by atoms with Crippen molar-refractivity contribution in [3.63, 3.8) is 0 Å². The van der Waals surface area contributed by atoms with Crippen LogP contribution < -0.4 is 5.32 Å². The Morgan fingerprint density at radius 1 is 1.29 bits per heavy atom. The van der Waals surface area contributed by atoms with Gasteiger partial charge in [0.2, 0.25) is 5.91 Å². The van der Waals surface area contributed by atoms with Gasteiger partial charge in [0.1, 0.15) is 5.03 Å². The zero-order valence-corrected chi connectivity index (χ0v) is 18.9. The lowest BCUT2D eigenvalue weighted by Gasteiger charge is -2.33. The van der Waals surface area contributed by atoms with E-state index in [1.165, 1.54) is 24.2 Å². The summed E-state index contributed by atoms with van der Waals surface area (Å²) in [5.74, 6) is -0.971. The first-order valence-corrected chi connectivity index (χ1v) is 11.3. The van der Waals surface area contributed by atoms with Crippen molar-refractivity contribution in [3.05, 3.63) is 51.9 Å². The van der Waals surface area contributed by atoms with Crippen molar-refractivity contribution in [2.75, 3.05) is 32.0 Å². The Hall–Kier alpha value is -1.91. The van der Waals surface area contributed by atoms with Gasteiger partial charge < -0.3 is 15.2 Å². The van der Waals surface area contributed by atoms with Gasteiger partial charge in [0, 0.05) is 32.4 Å². The summed E-state index contributed by atoms with van der Waals surface area (Å²) in [6.45, 7) is 3.21. The van der Waals surface area contributed by atoms with Crippen LogP contribution in [0.5, 0.6) is 0 Å². The van der Waals surface area contributed by atoms with Crippen LogP contribution in [0.25, 0.3) is 0 Å². The molecule has 1 aromatic heterocycles. The summed E-state index contributed by atoms with van der Waals surface area (Å²) in [5.41, 5.74) is 1.43. The minimum absolute atomic E-state index is 0.107. The minimum Gasteiger partial charge on any atom is -0.481 e. The molecule has 0 spiro atoms. The quantitative estimate of drug-likeness (QED) is 0.523. The van der Waals surface area contributed by atoms with Crippen molar-refractivity contribution in [2.45, 2.75) is 24.1 Å². The minimum atomic E-state index is -0.977. The topological polar surface area (TPSA) is 105 Å². The molecule has 31 heavy (non-hydrogen) atoms. The molecule has 2 N–H and O–H groups in total. The number of ether oxygens (including phenoxy) is 1. The van der Waals surface area contributed by atoms with Crippen LogP contribution >= 0.6 is 35.0 Å². The summed E-state index contributed by atoms with van der Waals surface area (Å²) in [5, 5.41) is 13.3. The molecule has 1 aromatic carbocycles. The fourth-order valence-electron chi connectivity index (χ4n) is 3.06. The maximum atomic E-state index is 12.2. The van der Waals surface area contributed by atoms with Gasteiger partial charge in [0.25, 0.3) is 0 Å². The third-order valence-electron chi connectivity index (χ3n) is 4.49. The van der Waals surface area contributed by atoms with E-state index in [9.17, 15) is 9.59 Å². The van der Waals surface area contributed by atoms with E-state index in [4.69, 9.17) is 33.0 Å². The van der Waals surface area contributed by atoms with Crippen LogP contribution in [-0.2, 0) is 27.3 Å². The highest BCUT2D eigenvalue weighted by atomic mass is 35.5. The highest BCUT2D eigenvalue weighted by molar-refractivity contribution is 7.99. The van der Waals surface area contributed by atoms with Crippen molar-refractivity contribution >= 4 is 46.8 Å². The van der Waals surface area contributed by atoms with E-state index >= 15 is 0 Å². The standard InChI is InChI=1S/C20H22Cl2N4O4S/c21-16-2-1-13(5-17(16)22)10-26-3-4-30-15(11-26)8-24-18(27)12-31-19-9-23-7-14(25-19)6-20(28)29/h1-2,5,7,9,15H,3-4,6,8,10-12H2,(H,24,27)(H,28,29)/t15-/m0/s1. The number of morpholine rings is 1. The average molecular weight is 485 g/mol. The Balaban J connectivity index is 1.41. The lowest BCUT2D eigenvalue weighted by Crippen LogP contribution is -2.47. The normalized spacial score (nSPS) is 16.8. The number of hydrogen-bond donors (Lipinski definition) is 2. The number of aromatic nitrogens is 2. The molecule has 1 saturated heterocycles. The van der Waals surface area contributed by atoms with Gasteiger partial charge in [-0.1, -0.05) is 41.0 Å². The molecule has 0 bridgehead atoms. The van der Waals surface area contributed by atoms with Crippen molar-refractivity contribution in [3.8, 4) is 0 Å². The summed E-state index contributed by atoms with van der Waals surface area (Å²) in [6.07, 6.45) is 2.60. The van der Waals surface area contributed by atoms with E-state index in [0.29, 0.717) is 40.5 Å². The number of thioether (sulfide) groups is 1. The highest BCUT2D eigenvalue weighted by Gasteiger charge is 2.21. The van der Waals surface area contributed by atoms with Gasteiger partial charge in [-0.3, -0.25) is 19.5 Å². The maximum Gasteiger partial charge on any atom is 0.309 e. The molecule has 0 radical (unpaired) electrons. The molecule has 0 unspecified atom stereocenters. The number of carbonyl (C=O) groups excluding carboxylic acids is 1. The van der Waals surface area contributed by atoms with Gasteiger partial charge >= 0.3 is 5.97 Å². The second-order valence-electron chi connectivity index (χ2n) is 6.99. The van der Waals surface area contributed by atoms with Crippen molar-refractivity contribution in [1.29, 1.82) is 0 Å². The maximum absolute atomic E-state index is 12.2. The number of benzene rings is 1. The number of nitrogens with one attached hydrogen (secondary N) is 1. The molecule has 3 rings (SSSR count). The van der Waals surface area contributed by atoms with Gasteiger partial charge in [-0.25, -0.2) is 4.98 Å². The lowest BCUT2D eigenvalue weighted by molar-refractivity contribution is -0.136. The van der Waals surface area contributed by atoms with Gasteiger partial charge in [0.15, 0.2) is 0 Å². The molecule has 1 amide bonds. The zero-order valence-electron chi connectivity index (χ0n) is 16.6. The second kappa shape index (κ2) is 11.6. The summed E-state index contributed by atoms with van der Waals surface area (Å²) < 4.78 is 5.77. The fraction of sp³-hybridized carbons (Fsp3) is 0.400. The zero-order chi connectivity index (χ0) is 22.2. The van der Waals surface area contributed by atoms with Crippen molar-refractivity contribution in [1.82, 2.24) is 20.2 Å². The first-order chi connectivity index (χ1) is 14.9. The number of amides is 1. The predicted octanol–water partition coefficient (Wildman–Crippen LogP) is 2.52. The van der Waals surface area contributed by atoms with Crippen LogP contribution in [0.1, 0.15) is 11.3 Å². The van der Waals surface area contributed by atoms with Gasteiger partial charge in [0.05, 0.1) is 46.8 Å². The molecule has 2 heterocycles. The fourth-order valence-corrected chi connectivity index (χ4v) is 4.08. The Labute approximate surface area is 194 Å². The molecular weight excluding hydrogens is 463 g/mol. The number of halogens is 2. The Bertz CT molecular complexity index is 934. The molecule has 1 atom stereocenters. The summed E-state index contributed by atoms with van der Waals surface area (Å²) >= 11 is 13.3. The van der Waals surface area contributed by atoms with Crippen molar-refractivity contribution in [2.24, 2.45) is 0 Å². The molecule has 8 nitrogen and oxygen atoms in total. The van der Waals surface area contributed by atoms with E-state index in [0.717, 1.165) is 18.7 Å². The third-order valence-corrected chi connectivity index (χ3v) is 6.12. The first-order valence-electron chi connectivity index (χ1n) is 9.59. The third kappa shape index (κ3) is 7.93. The lowest BCUT2D eigenvalue weighted by atomic mass is 10.2. The Kier molecular flexibility index (Phi) is 8.91. The Morgan fingerprint density at radius 2 is 2.13 bits per heavy atom. The van der Waals surface area contributed by atoms with Crippen LogP contribution in [0.4, 0.5) is 0 Å². The number of aliphatic carboxylic acids is 1. The first kappa shape index (κ1) is 23.7. The molecule has 1 fully saturated rings. The van der Waals surface area contributed by atoms with Crippen LogP contribution in [-0.4, -0.2) is 69.9 Å². The number of carboxylic acid groups (broad SMARTS) is 1. The van der Waals surface area contributed by atoms with E-state index in [2.05, 4.69) is 20.2 Å². The van der Waals surface area contributed by atoms with Crippen LogP contribution in [0.3, 0.4) is 0 Å². The van der Waals surface area contributed by atoms with E-state index in [1.807, 2.05) is 12.1 Å². The highest BCUT2D eigenvalue weighted by Crippen LogP contribution is 2.23. The van der Waals surface area contributed by atoms with Gasteiger partial charge in [-0.2, -0.15) is 0 Å². The summed E-state index contributed by atoms with van der Waals surface area (Å²) in [6, 6.07) is 5.60. The molecule has 1 aliphatic heterocycles. The SMILES string of the molecule is O=C(O)Cc1cncc(SCC(=O)NC[C@H]2CN(Cc3ccc(Cl)c(Cl)c3)CCO2)n1. The van der Waals surface area contributed by atoms with Crippen molar-refractivity contribution < 1.29 is 19.4 Å². The molecular formula is C20H22Cl2N4O4S. The van der Waals surface area contributed by atoms with Crippen LogP contribution in [0, 0.1) is 0 Å². The van der Waals surface area contributed by atoms with E-state index in [-0.39, 0.29) is 24.2 Å². The largest absolute Gasteiger partial charge is 0.481 e. The monoisotopic (exact) mass is 484 g/mol. The smallest absolute Gasteiger partial charge is 0.309 e. The Morgan fingerprint density at radius 3 is 2.90 bits per heavy atom. The number of rotatable bonds is 9. The van der Waals surface area contributed by atoms with E-state index < -0.39 is 5.97 Å². The van der Waals surface area contributed by atoms with Crippen LogP contribution in [0.2, 0.25) is 10.0 Å². The average Bonchev–Trinajstić information content (AvgIpc) is 2.73. The number of carboxylic acids is 1. The second-order valence-corrected chi connectivity index (χ2v) is 8.80. The number of hydrogen-bond acceptors (Lipinski definition) is 7. The molecule has 0 aliphatic carbocycles.